The standard InChI is InChI=1S/C18H27N3/c1-20-8-2-4-15-10-14(6-7-17(15)20)13-21-9-3-5-16-11-19-12-18(16)21/h6-7,10,16,18-19H,2-5,8-9,11-13H2,1H3. The number of benzene rings is 1. The van der Waals surface area contributed by atoms with Crippen LogP contribution in [0.15, 0.2) is 18.2 Å². The zero-order valence-corrected chi connectivity index (χ0v) is 13.1. The lowest BCUT2D eigenvalue weighted by Gasteiger charge is -2.37. The Hall–Kier alpha value is -1.06. The summed E-state index contributed by atoms with van der Waals surface area (Å²) in [7, 11) is 2.22. The first kappa shape index (κ1) is 13.6. The summed E-state index contributed by atoms with van der Waals surface area (Å²) in [5, 5.41) is 3.59. The molecule has 0 bridgehead atoms. The first-order valence-corrected chi connectivity index (χ1v) is 8.59. The number of fused-ring (bicyclic) bond motifs is 2. The first-order valence-electron chi connectivity index (χ1n) is 8.59. The van der Waals surface area contributed by atoms with Gasteiger partial charge in [-0.1, -0.05) is 12.1 Å². The average Bonchev–Trinajstić information content (AvgIpc) is 2.97. The third-order valence-electron chi connectivity index (χ3n) is 5.67. The van der Waals surface area contributed by atoms with Crippen molar-refractivity contribution in [2.45, 2.75) is 38.3 Å². The molecule has 0 amide bonds. The summed E-state index contributed by atoms with van der Waals surface area (Å²) in [5.41, 5.74) is 4.51. The summed E-state index contributed by atoms with van der Waals surface area (Å²) in [6, 6.07) is 7.94. The number of rotatable bonds is 2. The minimum Gasteiger partial charge on any atom is -0.374 e. The summed E-state index contributed by atoms with van der Waals surface area (Å²) in [5.74, 6) is 0.891. The van der Waals surface area contributed by atoms with Gasteiger partial charge in [-0.2, -0.15) is 0 Å². The second kappa shape index (κ2) is 5.62. The zero-order chi connectivity index (χ0) is 14.2. The van der Waals surface area contributed by atoms with Gasteiger partial charge < -0.3 is 10.2 Å². The molecule has 1 aromatic rings. The van der Waals surface area contributed by atoms with Gasteiger partial charge in [0.1, 0.15) is 0 Å². The largest absolute Gasteiger partial charge is 0.374 e. The maximum Gasteiger partial charge on any atom is 0.0396 e. The molecule has 0 saturated carbocycles. The molecule has 0 aromatic heterocycles. The van der Waals surface area contributed by atoms with Crippen molar-refractivity contribution in [3.63, 3.8) is 0 Å². The maximum atomic E-state index is 3.59. The average molecular weight is 285 g/mol. The van der Waals surface area contributed by atoms with Gasteiger partial charge in [0.25, 0.3) is 0 Å². The highest BCUT2D eigenvalue weighted by Gasteiger charge is 2.34. The topological polar surface area (TPSA) is 18.5 Å². The summed E-state index contributed by atoms with van der Waals surface area (Å²) in [6.45, 7) is 6.04. The first-order chi connectivity index (χ1) is 10.3. The molecule has 2 saturated heterocycles. The lowest BCUT2D eigenvalue weighted by Crippen LogP contribution is -2.44. The Labute approximate surface area is 128 Å². The third kappa shape index (κ3) is 2.58. The Bertz CT molecular complexity index is 513. The molecule has 2 fully saturated rings. The van der Waals surface area contributed by atoms with Crippen LogP contribution in [-0.4, -0.2) is 44.2 Å². The van der Waals surface area contributed by atoms with Crippen LogP contribution < -0.4 is 10.2 Å². The fraction of sp³-hybridized carbons (Fsp3) is 0.667. The predicted octanol–water partition coefficient (Wildman–Crippen LogP) is 2.25. The van der Waals surface area contributed by atoms with E-state index in [1.165, 1.54) is 63.1 Å². The fourth-order valence-corrected chi connectivity index (χ4v) is 4.53. The fourth-order valence-electron chi connectivity index (χ4n) is 4.53. The molecule has 3 nitrogen and oxygen atoms in total. The van der Waals surface area contributed by atoms with Crippen LogP contribution in [0.5, 0.6) is 0 Å². The van der Waals surface area contributed by atoms with E-state index >= 15 is 0 Å². The van der Waals surface area contributed by atoms with Gasteiger partial charge in [0.05, 0.1) is 0 Å². The van der Waals surface area contributed by atoms with Gasteiger partial charge in [-0.05, 0) is 61.9 Å². The SMILES string of the molecule is CN1CCCc2cc(CN3CCCC4CNCC43)ccc21. The number of hydrogen-bond acceptors (Lipinski definition) is 3. The molecule has 0 spiro atoms. The van der Waals surface area contributed by atoms with Gasteiger partial charge in [0, 0.05) is 38.4 Å². The Morgan fingerprint density at radius 2 is 2.14 bits per heavy atom. The van der Waals surface area contributed by atoms with Crippen LogP contribution in [0.25, 0.3) is 0 Å². The molecule has 3 aliphatic rings. The van der Waals surface area contributed by atoms with Crippen molar-refractivity contribution in [1.29, 1.82) is 0 Å². The summed E-state index contributed by atoms with van der Waals surface area (Å²) >= 11 is 0. The predicted molar refractivity (Wildman–Crippen MR) is 87.8 cm³/mol. The molecular weight excluding hydrogens is 258 g/mol. The maximum absolute atomic E-state index is 3.59. The number of anilines is 1. The molecular formula is C18H27N3. The van der Waals surface area contributed by atoms with Gasteiger partial charge in [0.15, 0.2) is 0 Å². The number of aryl methyl sites for hydroxylation is 1. The quantitative estimate of drug-likeness (QED) is 0.899. The summed E-state index contributed by atoms with van der Waals surface area (Å²) in [6.07, 6.45) is 5.34. The Balaban J connectivity index is 1.52. The molecule has 3 heteroatoms. The van der Waals surface area contributed by atoms with Crippen molar-refractivity contribution in [1.82, 2.24) is 10.2 Å². The van der Waals surface area contributed by atoms with E-state index in [9.17, 15) is 0 Å². The molecule has 2 atom stereocenters. The molecule has 2 unspecified atom stereocenters. The van der Waals surface area contributed by atoms with Gasteiger partial charge in [-0.3, -0.25) is 4.90 Å². The molecule has 114 valence electrons. The van der Waals surface area contributed by atoms with Crippen LogP contribution in [0.4, 0.5) is 5.69 Å². The minimum atomic E-state index is 0.775. The second-order valence-electron chi connectivity index (χ2n) is 7.09. The summed E-state index contributed by atoms with van der Waals surface area (Å²) < 4.78 is 0. The Morgan fingerprint density at radius 3 is 3.10 bits per heavy atom. The Morgan fingerprint density at radius 1 is 1.19 bits per heavy atom. The lowest BCUT2D eigenvalue weighted by molar-refractivity contribution is 0.117. The molecule has 0 radical (unpaired) electrons. The van der Waals surface area contributed by atoms with Crippen molar-refractivity contribution in [3.05, 3.63) is 29.3 Å². The van der Waals surface area contributed by atoms with E-state index in [-0.39, 0.29) is 0 Å². The van der Waals surface area contributed by atoms with E-state index < -0.39 is 0 Å². The normalized spacial score (nSPS) is 29.3. The number of nitrogens with zero attached hydrogens (tertiary/aromatic N) is 2. The van der Waals surface area contributed by atoms with E-state index in [4.69, 9.17) is 0 Å². The monoisotopic (exact) mass is 285 g/mol. The number of hydrogen-bond donors (Lipinski definition) is 1. The second-order valence-corrected chi connectivity index (χ2v) is 7.09. The van der Waals surface area contributed by atoms with E-state index in [2.05, 4.69) is 40.4 Å². The van der Waals surface area contributed by atoms with Crippen LogP contribution in [0.1, 0.15) is 30.4 Å². The Kier molecular flexibility index (Phi) is 3.64. The van der Waals surface area contributed by atoms with Gasteiger partial charge in [-0.25, -0.2) is 0 Å². The highest BCUT2D eigenvalue weighted by Crippen LogP contribution is 2.30. The van der Waals surface area contributed by atoms with Gasteiger partial charge in [-0.15, -0.1) is 0 Å². The van der Waals surface area contributed by atoms with Crippen LogP contribution in [0.3, 0.4) is 0 Å². The molecule has 4 rings (SSSR count). The van der Waals surface area contributed by atoms with E-state index in [1.54, 1.807) is 5.56 Å². The van der Waals surface area contributed by atoms with Crippen LogP contribution in [0, 0.1) is 5.92 Å². The molecule has 1 aromatic carbocycles. The van der Waals surface area contributed by atoms with Crippen LogP contribution >= 0.6 is 0 Å². The molecule has 1 N–H and O–H groups in total. The zero-order valence-electron chi connectivity index (χ0n) is 13.1. The van der Waals surface area contributed by atoms with Crippen molar-refractivity contribution in [2.24, 2.45) is 5.92 Å². The number of likely N-dealkylation sites (tertiary alicyclic amines) is 1. The summed E-state index contributed by atoms with van der Waals surface area (Å²) in [4.78, 5) is 5.13. The van der Waals surface area contributed by atoms with Crippen molar-refractivity contribution in [2.75, 3.05) is 38.1 Å². The van der Waals surface area contributed by atoms with Gasteiger partial charge in [0.2, 0.25) is 0 Å². The lowest BCUT2D eigenvalue weighted by atomic mass is 9.91. The van der Waals surface area contributed by atoms with E-state index in [1.807, 2.05) is 0 Å². The van der Waals surface area contributed by atoms with E-state index in [0.717, 1.165) is 18.5 Å². The van der Waals surface area contributed by atoms with Crippen molar-refractivity contribution in [3.8, 4) is 0 Å². The highest BCUT2D eigenvalue weighted by atomic mass is 15.2. The molecule has 3 heterocycles. The smallest absolute Gasteiger partial charge is 0.0396 e. The minimum absolute atomic E-state index is 0.775. The van der Waals surface area contributed by atoms with Crippen LogP contribution in [-0.2, 0) is 13.0 Å². The third-order valence-corrected chi connectivity index (χ3v) is 5.67. The highest BCUT2D eigenvalue weighted by molar-refractivity contribution is 5.56. The van der Waals surface area contributed by atoms with Crippen molar-refractivity contribution >= 4 is 5.69 Å². The van der Waals surface area contributed by atoms with Crippen molar-refractivity contribution < 1.29 is 0 Å². The number of nitrogens with one attached hydrogen (secondary N) is 1. The molecule has 0 aliphatic carbocycles. The van der Waals surface area contributed by atoms with E-state index in [0.29, 0.717) is 0 Å². The molecule has 21 heavy (non-hydrogen) atoms. The van der Waals surface area contributed by atoms with Crippen LogP contribution in [0.2, 0.25) is 0 Å². The number of piperidine rings is 1. The molecule has 3 aliphatic heterocycles. The van der Waals surface area contributed by atoms with Gasteiger partial charge >= 0.3 is 0 Å².